The van der Waals surface area contributed by atoms with Crippen molar-refractivity contribution in [2.45, 2.75) is 31.0 Å². The number of carbonyl (C=O) groups is 4. The molecule has 2 aromatic carbocycles. The molecular formula is C42H35N7O7S2. The molecule has 6 aromatic rings. The molecule has 14 nitrogen and oxygen atoms in total. The Bertz CT molecular complexity index is 2760. The van der Waals surface area contributed by atoms with E-state index in [9.17, 15) is 29.4 Å². The zero-order valence-corrected chi connectivity index (χ0v) is 33.1. The lowest BCUT2D eigenvalue weighted by Gasteiger charge is -2.13. The fraction of sp³-hybridized carbons (Fsp3) is 0.238. The highest BCUT2D eigenvalue weighted by atomic mass is 32.1. The average Bonchev–Trinajstić information content (AvgIpc) is 4.02. The Morgan fingerprint density at radius 1 is 0.759 bits per heavy atom. The number of primary amides is 1. The third kappa shape index (κ3) is 8.00. The number of rotatable bonds is 5. The summed E-state index contributed by atoms with van der Waals surface area (Å²) < 4.78 is 6.47. The van der Waals surface area contributed by atoms with Crippen LogP contribution in [0.25, 0.3) is 43.2 Å². The van der Waals surface area contributed by atoms with Gasteiger partial charge in [0.1, 0.15) is 5.69 Å². The zero-order valence-electron chi connectivity index (χ0n) is 31.5. The summed E-state index contributed by atoms with van der Waals surface area (Å²) in [4.78, 5) is 69.0. The highest BCUT2D eigenvalue weighted by Crippen LogP contribution is 2.29. The van der Waals surface area contributed by atoms with Crippen molar-refractivity contribution < 1.29 is 34.1 Å². The number of likely N-dealkylation sites (tertiary alicyclic amines) is 2. The van der Waals surface area contributed by atoms with Crippen LogP contribution in [0.5, 0.6) is 0 Å². The summed E-state index contributed by atoms with van der Waals surface area (Å²) in [5.41, 5.74) is 6.41. The van der Waals surface area contributed by atoms with Crippen LogP contribution in [0.4, 0.5) is 0 Å². The molecule has 292 valence electrons. The second kappa shape index (κ2) is 16.1. The first-order valence-corrected chi connectivity index (χ1v) is 19.7. The number of amides is 3. The smallest absolute Gasteiger partial charge is 0.358 e. The maximum atomic E-state index is 12.4. The van der Waals surface area contributed by atoms with Gasteiger partial charge in [0.2, 0.25) is 11.2 Å². The predicted molar refractivity (Wildman–Crippen MR) is 218 cm³/mol. The third-order valence-electron chi connectivity index (χ3n) is 9.40. The monoisotopic (exact) mass is 813 g/mol. The standard InChI is InChI=1S/C22H19N3O4S.C20H16N4O3S/c1-3-29-20(26)17-18-16(8-12-30-18)23-19(24-17)15-6-4-5-14(13-15)7-9-22(28)10-11-25(2)21(22)27;1-24-9-8-20(27,19(24)26)7-5-12-3-2-4-13(11-12)18-22-14-6-10-28-16(14)15(23-18)17(21)25/h4-6,8,12-13,28H,3,10-11H2,1-2H3;2-4,6,10-11,27H,8-9H2,1H3,(H2,21,25)/t22-;20-/m00/s1. The van der Waals surface area contributed by atoms with Crippen molar-refractivity contribution in [3.8, 4) is 46.5 Å². The Balaban J connectivity index is 0.000000177. The Hall–Kier alpha value is -6.56. The summed E-state index contributed by atoms with van der Waals surface area (Å²) in [5.74, 6) is 9.99. The number of hydrogen-bond donors (Lipinski definition) is 3. The topological polar surface area (TPSA) is 202 Å². The fourth-order valence-electron chi connectivity index (χ4n) is 6.25. The van der Waals surface area contributed by atoms with Gasteiger partial charge in [0.25, 0.3) is 17.7 Å². The van der Waals surface area contributed by atoms with E-state index in [0.717, 1.165) is 0 Å². The maximum absolute atomic E-state index is 12.4. The normalized spacial score (nSPS) is 18.6. The van der Waals surface area contributed by atoms with Gasteiger partial charge >= 0.3 is 5.97 Å². The van der Waals surface area contributed by atoms with Crippen molar-refractivity contribution in [2.75, 3.05) is 33.8 Å². The van der Waals surface area contributed by atoms with E-state index in [1.54, 1.807) is 69.6 Å². The molecule has 2 saturated heterocycles. The van der Waals surface area contributed by atoms with Crippen LogP contribution in [0.15, 0.2) is 71.4 Å². The van der Waals surface area contributed by atoms with E-state index >= 15 is 0 Å². The number of thiophene rings is 2. The summed E-state index contributed by atoms with van der Waals surface area (Å²) >= 11 is 2.74. The number of fused-ring (bicyclic) bond motifs is 2. The van der Waals surface area contributed by atoms with Gasteiger partial charge in [-0.2, -0.15) is 0 Å². The molecule has 0 bridgehead atoms. The molecule has 2 fully saturated rings. The lowest BCUT2D eigenvalue weighted by Crippen LogP contribution is -2.37. The summed E-state index contributed by atoms with van der Waals surface area (Å²) in [6, 6.07) is 17.9. The molecule has 8 rings (SSSR count). The molecule has 0 radical (unpaired) electrons. The molecule has 2 atom stereocenters. The van der Waals surface area contributed by atoms with Crippen LogP contribution in [0.2, 0.25) is 0 Å². The summed E-state index contributed by atoms with van der Waals surface area (Å²) in [7, 11) is 3.28. The van der Waals surface area contributed by atoms with E-state index in [2.05, 4.69) is 43.6 Å². The van der Waals surface area contributed by atoms with E-state index in [4.69, 9.17) is 10.5 Å². The Kier molecular flexibility index (Phi) is 11.0. The first-order chi connectivity index (χ1) is 27.8. The van der Waals surface area contributed by atoms with Crippen LogP contribution in [-0.4, -0.2) is 109 Å². The second-order valence-electron chi connectivity index (χ2n) is 13.5. The second-order valence-corrected chi connectivity index (χ2v) is 15.3. The van der Waals surface area contributed by atoms with Crippen LogP contribution in [-0.2, 0) is 14.3 Å². The van der Waals surface area contributed by atoms with Gasteiger partial charge in [-0.05, 0) is 54.1 Å². The predicted octanol–water partition coefficient (Wildman–Crippen LogP) is 3.88. The van der Waals surface area contributed by atoms with E-state index in [1.165, 1.54) is 32.5 Å². The van der Waals surface area contributed by atoms with Crippen molar-refractivity contribution in [1.29, 1.82) is 0 Å². The Morgan fingerprint density at radius 2 is 1.22 bits per heavy atom. The van der Waals surface area contributed by atoms with Gasteiger partial charge in [-0.1, -0.05) is 47.9 Å². The molecule has 4 N–H and O–H groups in total. The number of likely N-dealkylation sites (N-methyl/N-ethyl adjacent to an activating group) is 2. The minimum Gasteiger partial charge on any atom is -0.461 e. The van der Waals surface area contributed by atoms with Crippen LogP contribution in [0, 0.1) is 23.7 Å². The van der Waals surface area contributed by atoms with Gasteiger partial charge in [0, 0.05) is 62.3 Å². The van der Waals surface area contributed by atoms with Gasteiger partial charge in [-0.3, -0.25) is 14.4 Å². The average molecular weight is 814 g/mol. The summed E-state index contributed by atoms with van der Waals surface area (Å²) in [6.07, 6.45) is 0.546. The number of esters is 1. The Morgan fingerprint density at radius 3 is 1.66 bits per heavy atom. The van der Waals surface area contributed by atoms with Gasteiger partial charge in [0.05, 0.1) is 27.0 Å². The molecule has 0 saturated carbocycles. The number of hydrogen-bond acceptors (Lipinski definition) is 13. The Labute approximate surface area is 340 Å². The molecule has 4 aromatic heterocycles. The van der Waals surface area contributed by atoms with E-state index in [-0.39, 0.29) is 30.8 Å². The van der Waals surface area contributed by atoms with Crippen LogP contribution in [0.3, 0.4) is 0 Å². The minimum absolute atomic E-state index is 0.181. The lowest BCUT2D eigenvalue weighted by atomic mass is 10.0. The zero-order chi connectivity index (χ0) is 41.2. The number of nitrogens with zero attached hydrogens (tertiary/aromatic N) is 6. The largest absolute Gasteiger partial charge is 0.461 e. The summed E-state index contributed by atoms with van der Waals surface area (Å²) in [6.45, 7) is 2.94. The van der Waals surface area contributed by atoms with Crippen molar-refractivity contribution in [3.63, 3.8) is 0 Å². The van der Waals surface area contributed by atoms with Gasteiger partial charge in [-0.15, -0.1) is 22.7 Å². The van der Waals surface area contributed by atoms with E-state index in [0.29, 0.717) is 67.4 Å². The van der Waals surface area contributed by atoms with Crippen molar-refractivity contribution in [3.05, 3.63) is 93.9 Å². The highest BCUT2D eigenvalue weighted by Gasteiger charge is 2.43. The number of carbonyl (C=O) groups excluding carboxylic acids is 4. The molecule has 0 spiro atoms. The summed E-state index contributed by atoms with van der Waals surface area (Å²) in [5, 5.41) is 24.6. The third-order valence-corrected chi connectivity index (χ3v) is 11.2. The molecule has 6 heterocycles. The number of benzene rings is 2. The van der Waals surface area contributed by atoms with Gasteiger partial charge in [0.15, 0.2) is 17.3 Å². The first-order valence-electron chi connectivity index (χ1n) is 18.0. The molecule has 0 unspecified atom stereocenters. The van der Waals surface area contributed by atoms with Crippen LogP contribution >= 0.6 is 22.7 Å². The number of aliphatic hydroxyl groups is 2. The van der Waals surface area contributed by atoms with Crippen molar-refractivity contribution in [1.82, 2.24) is 29.7 Å². The molecule has 16 heteroatoms. The first kappa shape index (κ1) is 39.7. The molecule has 3 amide bonds. The highest BCUT2D eigenvalue weighted by molar-refractivity contribution is 7.17. The molecule has 2 aliphatic rings. The minimum atomic E-state index is -1.66. The number of ether oxygens (including phenoxy) is 1. The van der Waals surface area contributed by atoms with Crippen molar-refractivity contribution in [2.24, 2.45) is 5.73 Å². The van der Waals surface area contributed by atoms with Gasteiger partial charge in [-0.25, -0.2) is 24.7 Å². The number of nitrogens with two attached hydrogens (primary N) is 1. The van der Waals surface area contributed by atoms with Crippen molar-refractivity contribution >= 4 is 66.8 Å². The quantitative estimate of drug-likeness (QED) is 0.169. The maximum Gasteiger partial charge on any atom is 0.358 e. The molecule has 58 heavy (non-hydrogen) atoms. The lowest BCUT2D eigenvalue weighted by molar-refractivity contribution is -0.138. The molecule has 0 aliphatic carbocycles. The SMILES string of the molecule is CCOC(=O)c1nc(-c2cccc(C#C[C@]3(O)CCN(C)C3=O)c2)nc2ccsc12.CN1CC[C@@](O)(C#Cc2cccc(-c3nc(C(N)=O)c4sccc4n3)c2)C1=O. The van der Waals surface area contributed by atoms with Crippen LogP contribution in [0.1, 0.15) is 51.9 Å². The molecular weight excluding hydrogens is 779 g/mol. The molecule has 2 aliphatic heterocycles. The van der Waals surface area contributed by atoms with Crippen LogP contribution < -0.4 is 5.73 Å². The van der Waals surface area contributed by atoms with Gasteiger partial charge < -0.3 is 30.5 Å². The fourth-order valence-corrected chi connectivity index (χ4v) is 7.89. The van der Waals surface area contributed by atoms with E-state index < -0.39 is 34.9 Å². The van der Waals surface area contributed by atoms with E-state index in [1.807, 2.05) is 22.9 Å². The number of aromatic nitrogens is 4.